The summed E-state index contributed by atoms with van der Waals surface area (Å²) in [6.45, 7) is 0. The van der Waals surface area contributed by atoms with Crippen LogP contribution in [0.5, 0.6) is 0 Å². The fourth-order valence-electron chi connectivity index (χ4n) is 2.42. The Morgan fingerprint density at radius 2 is 1.35 bits per heavy atom. The molecule has 114 valence electrons. The third-order valence-corrected chi connectivity index (χ3v) is 4.85. The van der Waals surface area contributed by atoms with Crippen molar-refractivity contribution in [1.82, 2.24) is 0 Å². The van der Waals surface area contributed by atoms with Crippen LogP contribution in [0.3, 0.4) is 0 Å². The Morgan fingerprint density at radius 1 is 0.783 bits per heavy atom. The molecular weight excluding hydrogens is 304 g/mol. The monoisotopic (exact) mass is 320 g/mol. The Hall–Kier alpha value is -2.52. The molecule has 0 amide bonds. The van der Waals surface area contributed by atoms with Gasteiger partial charge in [0.15, 0.2) is 0 Å². The Bertz CT molecular complexity index is 746. The van der Waals surface area contributed by atoms with Crippen LogP contribution in [-0.4, -0.2) is 11.1 Å². The first-order valence-electron chi connectivity index (χ1n) is 7.34. The normalized spacial score (nSPS) is 10.7. The molecule has 0 atom stereocenters. The minimum atomic E-state index is -0.900. The van der Waals surface area contributed by atoms with Crippen molar-refractivity contribution in [3.63, 3.8) is 0 Å². The molecule has 3 heteroatoms. The van der Waals surface area contributed by atoms with Crippen LogP contribution < -0.4 is 0 Å². The number of aromatic carboxylic acids is 1. The van der Waals surface area contributed by atoms with Crippen molar-refractivity contribution in [1.29, 1.82) is 0 Å². The second-order valence-electron chi connectivity index (χ2n) is 5.15. The maximum atomic E-state index is 11.2. The third kappa shape index (κ3) is 3.82. The van der Waals surface area contributed by atoms with E-state index >= 15 is 0 Å². The number of hydrogen-bond acceptors (Lipinski definition) is 2. The number of benzene rings is 3. The molecule has 0 radical (unpaired) electrons. The summed E-state index contributed by atoms with van der Waals surface area (Å²) >= 11 is 1.66. The number of carboxylic acid groups (broad SMARTS) is 1. The maximum Gasteiger partial charge on any atom is 0.335 e. The molecule has 0 aliphatic carbocycles. The minimum Gasteiger partial charge on any atom is -0.478 e. The van der Waals surface area contributed by atoms with E-state index in [4.69, 9.17) is 5.11 Å². The van der Waals surface area contributed by atoms with Crippen molar-refractivity contribution in [3.8, 4) is 0 Å². The number of rotatable bonds is 5. The topological polar surface area (TPSA) is 37.3 Å². The van der Waals surface area contributed by atoms with Crippen molar-refractivity contribution < 1.29 is 9.90 Å². The van der Waals surface area contributed by atoms with Crippen LogP contribution >= 0.6 is 11.8 Å². The quantitative estimate of drug-likeness (QED) is 0.651. The molecule has 2 nitrogen and oxygen atoms in total. The van der Waals surface area contributed by atoms with Gasteiger partial charge < -0.3 is 5.11 Å². The van der Waals surface area contributed by atoms with Gasteiger partial charge in [-0.2, -0.15) is 0 Å². The predicted octanol–water partition coefficient (Wildman–Crippen LogP) is 5.27. The van der Waals surface area contributed by atoms with Crippen LogP contribution in [0.25, 0.3) is 0 Å². The van der Waals surface area contributed by atoms with Gasteiger partial charge in [0, 0.05) is 4.90 Å². The molecule has 0 aliphatic rings. The lowest BCUT2D eigenvalue weighted by Crippen LogP contribution is -1.98. The summed E-state index contributed by atoms with van der Waals surface area (Å²) in [4.78, 5) is 12.1. The van der Waals surface area contributed by atoms with Crippen molar-refractivity contribution in [2.75, 3.05) is 0 Å². The second kappa shape index (κ2) is 7.16. The highest BCUT2D eigenvalue weighted by Gasteiger charge is 2.16. The molecule has 3 aromatic rings. The SMILES string of the molecule is O=C(O)c1cccc(SC(c2ccccc2)c2ccccc2)c1. The van der Waals surface area contributed by atoms with Crippen LogP contribution in [0.4, 0.5) is 0 Å². The van der Waals surface area contributed by atoms with Gasteiger partial charge in [-0.15, -0.1) is 11.8 Å². The van der Waals surface area contributed by atoms with E-state index in [0.717, 1.165) is 4.90 Å². The van der Waals surface area contributed by atoms with Crippen molar-refractivity contribution in [2.45, 2.75) is 10.1 Å². The minimum absolute atomic E-state index is 0.126. The highest BCUT2D eigenvalue weighted by Crippen LogP contribution is 2.40. The van der Waals surface area contributed by atoms with Crippen molar-refractivity contribution >= 4 is 17.7 Å². The summed E-state index contributed by atoms with van der Waals surface area (Å²) in [5, 5.41) is 9.29. The summed E-state index contributed by atoms with van der Waals surface area (Å²) in [6.07, 6.45) is 0. The summed E-state index contributed by atoms with van der Waals surface area (Å²) in [6, 6.07) is 27.6. The molecule has 1 N–H and O–H groups in total. The van der Waals surface area contributed by atoms with Crippen LogP contribution in [0.2, 0.25) is 0 Å². The van der Waals surface area contributed by atoms with Crippen LogP contribution in [0.1, 0.15) is 26.7 Å². The Kier molecular flexibility index (Phi) is 4.79. The Labute approximate surface area is 139 Å². The molecule has 3 aromatic carbocycles. The number of thioether (sulfide) groups is 1. The Morgan fingerprint density at radius 3 is 1.87 bits per heavy atom. The first-order chi connectivity index (χ1) is 11.2. The van der Waals surface area contributed by atoms with Gasteiger partial charge in [-0.1, -0.05) is 66.7 Å². The summed E-state index contributed by atoms with van der Waals surface area (Å²) < 4.78 is 0. The molecule has 0 aromatic heterocycles. The Balaban J connectivity index is 1.97. The smallest absolute Gasteiger partial charge is 0.335 e. The lowest BCUT2D eigenvalue weighted by atomic mass is 10.0. The molecule has 23 heavy (non-hydrogen) atoms. The van der Waals surface area contributed by atoms with E-state index in [1.54, 1.807) is 30.0 Å². The molecule has 0 saturated heterocycles. The fourth-order valence-corrected chi connectivity index (χ4v) is 3.63. The van der Waals surface area contributed by atoms with E-state index < -0.39 is 5.97 Å². The van der Waals surface area contributed by atoms with Gasteiger partial charge in [-0.25, -0.2) is 4.79 Å². The molecule has 0 heterocycles. The lowest BCUT2D eigenvalue weighted by Gasteiger charge is -2.18. The van der Waals surface area contributed by atoms with Crippen LogP contribution in [0.15, 0.2) is 89.8 Å². The van der Waals surface area contributed by atoms with Crippen LogP contribution in [-0.2, 0) is 0 Å². The molecule has 0 unspecified atom stereocenters. The molecular formula is C20H16O2S. The first kappa shape index (κ1) is 15.4. The number of carboxylic acids is 1. The highest BCUT2D eigenvalue weighted by atomic mass is 32.2. The lowest BCUT2D eigenvalue weighted by molar-refractivity contribution is 0.0696. The molecule has 0 bridgehead atoms. The molecule has 0 saturated carbocycles. The third-order valence-electron chi connectivity index (χ3n) is 3.54. The number of carbonyl (C=O) groups is 1. The van der Waals surface area contributed by atoms with Gasteiger partial charge in [0.05, 0.1) is 10.8 Å². The molecule has 3 rings (SSSR count). The van der Waals surface area contributed by atoms with Gasteiger partial charge in [-0.3, -0.25) is 0 Å². The van der Waals surface area contributed by atoms with Crippen molar-refractivity contribution in [2.24, 2.45) is 0 Å². The second-order valence-corrected chi connectivity index (χ2v) is 6.33. The zero-order chi connectivity index (χ0) is 16.1. The summed E-state index contributed by atoms with van der Waals surface area (Å²) in [5.41, 5.74) is 2.71. The standard InChI is InChI=1S/C20H16O2S/c21-20(22)17-12-7-13-18(14-17)23-19(15-8-3-1-4-9-15)16-10-5-2-6-11-16/h1-14,19H,(H,21,22). The zero-order valence-corrected chi connectivity index (χ0v) is 13.2. The van der Waals surface area contributed by atoms with E-state index in [2.05, 4.69) is 24.3 Å². The van der Waals surface area contributed by atoms with E-state index in [1.165, 1.54) is 11.1 Å². The number of hydrogen-bond donors (Lipinski definition) is 1. The predicted molar refractivity (Wildman–Crippen MR) is 94.0 cm³/mol. The van der Waals surface area contributed by atoms with Gasteiger partial charge >= 0.3 is 5.97 Å². The van der Waals surface area contributed by atoms with Gasteiger partial charge in [-0.05, 0) is 29.3 Å². The average Bonchev–Trinajstić information content (AvgIpc) is 2.61. The molecule has 0 fully saturated rings. The van der Waals surface area contributed by atoms with E-state index in [-0.39, 0.29) is 5.25 Å². The zero-order valence-electron chi connectivity index (χ0n) is 12.4. The van der Waals surface area contributed by atoms with Crippen LogP contribution in [0, 0.1) is 0 Å². The van der Waals surface area contributed by atoms with Gasteiger partial charge in [0.1, 0.15) is 0 Å². The van der Waals surface area contributed by atoms with Gasteiger partial charge in [0.2, 0.25) is 0 Å². The average molecular weight is 320 g/mol. The maximum absolute atomic E-state index is 11.2. The van der Waals surface area contributed by atoms with E-state index in [0.29, 0.717) is 5.56 Å². The van der Waals surface area contributed by atoms with E-state index in [1.807, 2.05) is 42.5 Å². The fraction of sp³-hybridized carbons (Fsp3) is 0.0500. The molecule has 0 aliphatic heterocycles. The highest BCUT2D eigenvalue weighted by molar-refractivity contribution is 7.99. The summed E-state index contributed by atoms with van der Waals surface area (Å²) in [5.74, 6) is -0.900. The van der Waals surface area contributed by atoms with Crippen molar-refractivity contribution in [3.05, 3.63) is 102 Å². The van der Waals surface area contributed by atoms with Gasteiger partial charge in [0.25, 0.3) is 0 Å². The molecule has 0 spiro atoms. The largest absolute Gasteiger partial charge is 0.478 e. The summed E-state index contributed by atoms with van der Waals surface area (Å²) in [7, 11) is 0. The first-order valence-corrected chi connectivity index (χ1v) is 8.22. The van der Waals surface area contributed by atoms with E-state index in [9.17, 15) is 4.79 Å².